The minimum absolute atomic E-state index is 0.950. The van der Waals surface area contributed by atoms with Gasteiger partial charge in [0, 0.05) is 17.1 Å². The first kappa shape index (κ1) is 28.4. The lowest BCUT2D eigenvalue weighted by Gasteiger charge is -2.26. The largest absolute Gasteiger partial charge is 0.311 e. The summed E-state index contributed by atoms with van der Waals surface area (Å²) in [6, 6.07) is 59.6. The molecule has 0 aromatic heterocycles. The number of hydrogen-bond acceptors (Lipinski definition) is 1. The van der Waals surface area contributed by atoms with Gasteiger partial charge < -0.3 is 4.90 Å². The fourth-order valence-corrected chi connectivity index (χ4v) is 9.72. The molecular formula is C41H37NP+. The van der Waals surface area contributed by atoms with Crippen molar-refractivity contribution in [2.24, 2.45) is 0 Å². The fourth-order valence-electron chi connectivity index (χ4n) is 5.73. The van der Waals surface area contributed by atoms with Crippen LogP contribution in [0.25, 0.3) is 6.08 Å². The van der Waals surface area contributed by atoms with Gasteiger partial charge in [0.25, 0.3) is 0 Å². The van der Waals surface area contributed by atoms with Gasteiger partial charge in [0.1, 0.15) is 23.2 Å². The van der Waals surface area contributed by atoms with Crippen molar-refractivity contribution in [1.82, 2.24) is 0 Å². The maximum Gasteiger partial charge on any atom is 0.115 e. The highest BCUT2D eigenvalue weighted by molar-refractivity contribution is 7.95. The Bertz CT molecular complexity index is 1620. The van der Waals surface area contributed by atoms with E-state index in [1.54, 1.807) is 0 Å². The Morgan fingerprint density at radius 3 is 1.16 bits per heavy atom. The van der Waals surface area contributed by atoms with Gasteiger partial charge in [0.05, 0.1) is 6.16 Å². The summed E-state index contributed by atoms with van der Waals surface area (Å²) in [5, 5.41) is 4.21. The molecule has 43 heavy (non-hydrogen) atoms. The molecule has 0 aliphatic rings. The van der Waals surface area contributed by atoms with Crippen molar-refractivity contribution >= 4 is 46.3 Å². The first-order chi connectivity index (χ1) is 21.1. The third kappa shape index (κ3) is 6.24. The average molecular weight is 575 g/mol. The number of rotatable bonds is 9. The molecule has 2 heteroatoms. The standard InChI is InChI=1S/C41H37NP/c1-33-20-26-36(27-21-33)42(37-28-22-34(2)23-29-37)38-30-24-35(25-31-38)13-12-32-43(39-14-6-3-7-15-39,40-16-8-4-9-17-40)41-18-10-5-11-19-41/h3-31H,32H2,1-2H3/q+1/b13-12+. The summed E-state index contributed by atoms with van der Waals surface area (Å²) in [5.74, 6) is 0. The number of nitrogens with zero attached hydrogens (tertiary/aromatic N) is 1. The SMILES string of the molecule is Cc1ccc(N(c2ccc(C)cc2)c2ccc(/C=C/C[P+](c3ccccc3)(c3ccccc3)c3ccccc3)cc2)cc1. The summed E-state index contributed by atoms with van der Waals surface area (Å²) in [4.78, 5) is 2.32. The second-order valence-corrected chi connectivity index (χ2v) is 14.5. The molecule has 0 aliphatic heterocycles. The Labute approximate surface area is 257 Å². The Balaban J connectivity index is 1.34. The number of aryl methyl sites for hydroxylation is 2. The molecule has 0 amide bonds. The third-order valence-corrected chi connectivity index (χ3v) is 12.3. The van der Waals surface area contributed by atoms with Crippen LogP contribution in [0.2, 0.25) is 0 Å². The molecule has 0 radical (unpaired) electrons. The monoisotopic (exact) mass is 574 g/mol. The smallest absolute Gasteiger partial charge is 0.115 e. The molecule has 1 nitrogen and oxygen atoms in total. The van der Waals surface area contributed by atoms with E-state index in [0.29, 0.717) is 0 Å². The van der Waals surface area contributed by atoms with Crippen molar-refractivity contribution in [1.29, 1.82) is 0 Å². The van der Waals surface area contributed by atoms with Crippen LogP contribution in [-0.2, 0) is 0 Å². The van der Waals surface area contributed by atoms with E-state index >= 15 is 0 Å². The molecule has 0 unspecified atom stereocenters. The van der Waals surface area contributed by atoms with Crippen LogP contribution in [0.15, 0.2) is 170 Å². The first-order valence-corrected chi connectivity index (χ1v) is 16.9. The van der Waals surface area contributed by atoms with E-state index in [4.69, 9.17) is 0 Å². The van der Waals surface area contributed by atoms with E-state index in [-0.39, 0.29) is 0 Å². The number of benzene rings is 6. The van der Waals surface area contributed by atoms with Crippen molar-refractivity contribution in [3.05, 3.63) is 187 Å². The second-order valence-electron chi connectivity index (χ2n) is 11.0. The van der Waals surface area contributed by atoms with E-state index < -0.39 is 7.26 Å². The van der Waals surface area contributed by atoms with Crippen molar-refractivity contribution in [2.75, 3.05) is 11.1 Å². The summed E-state index contributed by atoms with van der Waals surface area (Å²) in [6.07, 6.45) is 5.62. The minimum atomic E-state index is -1.90. The van der Waals surface area contributed by atoms with E-state index in [0.717, 1.165) is 23.2 Å². The van der Waals surface area contributed by atoms with E-state index in [1.807, 2.05) is 0 Å². The lowest BCUT2D eigenvalue weighted by molar-refractivity contribution is 1.27. The van der Waals surface area contributed by atoms with Crippen LogP contribution in [0.1, 0.15) is 16.7 Å². The fraction of sp³-hybridized carbons (Fsp3) is 0.0732. The highest BCUT2D eigenvalue weighted by Crippen LogP contribution is 2.55. The number of anilines is 3. The first-order valence-electron chi connectivity index (χ1n) is 14.9. The Hall–Kier alpha value is -4.71. The molecule has 6 aromatic carbocycles. The molecule has 0 saturated carbocycles. The maximum atomic E-state index is 2.38. The number of allylic oxidation sites excluding steroid dienone is 1. The molecular weight excluding hydrogens is 537 g/mol. The highest BCUT2D eigenvalue weighted by atomic mass is 31.2. The molecule has 0 spiro atoms. The van der Waals surface area contributed by atoms with Gasteiger partial charge in [0.15, 0.2) is 0 Å². The molecule has 0 heterocycles. The molecule has 0 bridgehead atoms. The summed E-state index contributed by atoms with van der Waals surface area (Å²) < 4.78 is 0. The van der Waals surface area contributed by atoms with E-state index in [9.17, 15) is 0 Å². The van der Waals surface area contributed by atoms with Gasteiger partial charge in [-0.3, -0.25) is 0 Å². The van der Waals surface area contributed by atoms with Gasteiger partial charge in [-0.15, -0.1) is 0 Å². The maximum absolute atomic E-state index is 2.38. The molecule has 0 aliphatic carbocycles. The second kappa shape index (κ2) is 13.1. The van der Waals surface area contributed by atoms with Crippen LogP contribution < -0.4 is 20.8 Å². The zero-order chi connectivity index (χ0) is 29.5. The van der Waals surface area contributed by atoms with Crippen LogP contribution in [0, 0.1) is 13.8 Å². The van der Waals surface area contributed by atoms with Crippen molar-refractivity contribution in [2.45, 2.75) is 13.8 Å². The molecule has 0 saturated heterocycles. The van der Waals surface area contributed by atoms with Crippen LogP contribution in [0.5, 0.6) is 0 Å². The Morgan fingerprint density at radius 2 is 0.791 bits per heavy atom. The van der Waals surface area contributed by atoms with Crippen LogP contribution in [-0.4, -0.2) is 6.16 Å². The zero-order valence-electron chi connectivity index (χ0n) is 24.8. The summed E-state index contributed by atoms with van der Waals surface area (Å²) >= 11 is 0. The van der Waals surface area contributed by atoms with Crippen LogP contribution in [0.4, 0.5) is 17.1 Å². The van der Waals surface area contributed by atoms with Crippen LogP contribution in [0.3, 0.4) is 0 Å². The van der Waals surface area contributed by atoms with Crippen molar-refractivity contribution < 1.29 is 0 Å². The molecule has 210 valence electrons. The lowest BCUT2D eigenvalue weighted by Crippen LogP contribution is -2.32. The molecule has 6 aromatic rings. The van der Waals surface area contributed by atoms with E-state index in [1.165, 1.54) is 32.6 Å². The third-order valence-electron chi connectivity index (χ3n) is 8.02. The Kier molecular flexibility index (Phi) is 8.64. The predicted molar refractivity (Wildman–Crippen MR) is 190 cm³/mol. The van der Waals surface area contributed by atoms with Crippen molar-refractivity contribution in [3.8, 4) is 0 Å². The van der Waals surface area contributed by atoms with E-state index in [2.05, 4.69) is 195 Å². The quantitative estimate of drug-likeness (QED) is 0.155. The minimum Gasteiger partial charge on any atom is -0.311 e. The van der Waals surface area contributed by atoms with Gasteiger partial charge in [-0.1, -0.05) is 108 Å². The zero-order valence-corrected chi connectivity index (χ0v) is 25.7. The number of hydrogen-bond donors (Lipinski definition) is 0. The normalized spacial score (nSPS) is 11.5. The molecule has 0 fully saturated rings. The van der Waals surface area contributed by atoms with Gasteiger partial charge in [-0.2, -0.15) is 0 Å². The predicted octanol–water partition coefficient (Wildman–Crippen LogP) is 9.78. The van der Waals surface area contributed by atoms with Crippen molar-refractivity contribution in [3.63, 3.8) is 0 Å². The summed E-state index contributed by atoms with van der Waals surface area (Å²) in [6.45, 7) is 4.26. The Morgan fingerprint density at radius 1 is 0.442 bits per heavy atom. The molecule has 0 N–H and O–H groups in total. The van der Waals surface area contributed by atoms with Gasteiger partial charge in [-0.05, 0) is 98.3 Å². The molecule has 6 rings (SSSR count). The topological polar surface area (TPSA) is 3.24 Å². The van der Waals surface area contributed by atoms with Crippen LogP contribution >= 0.6 is 7.26 Å². The highest BCUT2D eigenvalue weighted by Gasteiger charge is 2.44. The lowest BCUT2D eigenvalue weighted by atomic mass is 10.1. The van der Waals surface area contributed by atoms with Gasteiger partial charge in [-0.25, -0.2) is 0 Å². The summed E-state index contributed by atoms with van der Waals surface area (Å²) in [5.41, 5.74) is 7.16. The average Bonchev–Trinajstić information content (AvgIpc) is 3.07. The summed E-state index contributed by atoms with van der Waals surface area (Å²) in [7, 11) is -1.90. The van der Waals surface area contributed by atoms with Gasteiger partial charge >= 0.3 is 0 Å². The van der Waals surface area contributed by atoms with Gasteiger partial charge in [0.2, 0.25) is 0 Å². The molecule has 0 atom stereocenters.